The lowest BCUT2D eigenvalue weighted by molar-refractivity contribution is 0.536. The van der Waals surface area contributed by atoms with E-state index in [1.54, 1.807) is 0 Å². The van der Waals surface area contributed by atoms with Gasteiger partial charge in [0.05, 0.1) is 0 Å². The first-order chi connectivity index (χ1) is 5.63. The first-order valence-corrected chi connectivity index (χ1v) is 4.47. The van der Waals surface area contributed by atoms with Crippen LogP contribution in [0.4, 0.5) is 5.69 Å². The molecule has 0 bridgehead atoms. The van der Waals surface area contributed by atoms with Gasteiger partial charge in [-0.05, 0) is 23.5 Å². The molecule has 0 aromatic heterocycles. The standard InChI is InChI=1S/C11H17N/c1-8(2)9(3)10-6-4-5-7-11(10)12/h4-9H,12H2,1-3H3. The molecular formula is C11H17N. The van der Waals surface area contributed by atoms with Crippen LogP contribution in [0.15, 0.2) is 24.3 Å². The molecule has 1 aromatic rings. The summed E-state index contributed by atoms with van der Waals surface area (Å²) in [6.45, 7) is 6.66. The monoisotopic (exact) mass is 163 g/mol. The molecule has 1 rings (SSSR count). The van der Waals surface area contributed by atoms with Crippen LogP contribution in [-0.4, -0.2) is 0 Å². The van der Waals surface area contributed by atoms with E-state index in [1.165, 1.54) is 5.56 Å². The molecule has 66 valence electrons. The van der Waals surface area contributed by atoms with Crippen molar-refractivity contribution >= 4 is 5.69 Å². The summed E-state index contributed by atoms with van der Waals surface area (Å²) in [5, 5.41) is 0. The fourth-order valence-electron chi connectivity index (χ4n) is 1.28. The topological polar surface area (TPSA) is 26.0 Å². The van der Waals surface area contributed by atoms with Gasteiger partial charge in [-0.1, -0.05) is 39.0 Å². The second kappa shape index (κ2) is 3.61. The second-order valence-corrected chi connectivity index (χ2v) is 3.66. The number of anilines is 1. The lowest BCUT2D eigenvalue weighted by Gasteiger charge is -2.17. The second-order valence-electron chi connectivity index (χ2n) is 3.66. The molecule has 0 saturated carbocycles. The van der Waals surface area contributed by atoms with Gasteiger partial charge in [-0.15, -0.1) is 0 Å². The van der Waals surface area contributed by atoms with Gasteiger partial charge in [0.25, 0.3) is 0 Å². The Kier molecular flexibility index (Phi) is 2.74. The fourth-order valence-corrected chi connectivity index (χ4v) is 1.28. The molecule has 0 radical (unpaired) electrons. The summed E-state index contributed by atoms with van der Waals surface area (Å²) in [6, 6.07) is 8.10. The number of benzene rings is 1. The zero-order chi connectivity index (χ0) is 9.14. The van der Waals surface area contributed by atoms with Gasteiger partial charge < -0.3 is 5.73 Å². The number of nitrogen functional groups attached to an aromatic ring is 1. The normalized spacial score (nSPS) is 13.3. The maximum absolute atomic E-state index is 5.86. The Morgan fingerprint density at radius 1 is 1.08 bits per heavy atom. The molecule has 1 heteroatoms. The Bertz CT molecular complexity index is 253. The summed E-state index contributed by atoms with van der Waals surface area (Å²) >= 11 is 0. The molecule has 0 aliphatic carbocycles. The van der Waals surface area contributed by atoms with Gasteiger partial charge in [-0.25, -0.2) is 0 Å². The van der Waals surface area contributed by atoms with Gasteiger partial charge in [0.15, 0.2) is 0 Å². The summed E-state index contributed by atoms with van der Waals surface area (Å²) in [5.74, 6) is 1.20. The van der Waals surface area contributed by atoms with Crippen molar-refractivity contribution in [3.63, 3.8) is 0 Å². The maximum Gasteiger partial charge on any atom is 0.0349 e. The number of hydrogen-bond donors (Lipinski definition) is 1. The van der Waals surface area contributed by atoms with Crippen LogP contribution < -0.4 is 5.73 Å². The molecule has 0 fully saturated rings. The minimum Gasteiger partial charge on any atom is -0.398 e. The molecule has 0 saturated heterocycles. The van der Waals surface area contributed by atoms with Crippen molar-refractivity contribution in [3.05, 3.63) is 29.8 Å². The third-order valence-corrected chi connectivity index (χ3v) is 2.49. The Morgan fingerprint density at radius 3 is 2.17 bits per heavy atom. The fraction of sp³-hybridized carbons (Fsp3) is 0.455. The summed E-state index contributed by atoms with van der Waals surface area (Å²) < 4.78 is 0. The predicted molar refractivity (Wildman–Crippen MR) is 54.1 cm³/mol. The molecule has 1 aromatic carbocycles. The highest BCUT2D eigenvalue weighted by Crippen LogP contribution is 2.27. The molecule has 1 atom stereocenters. The minimum atomic E-state index is 0.547. The molecule has 0 aliphatic rings. The van der Waals surface area contributed by atoms with Crippen LogP contribution in [0.1, 0.15) is 32.3 Å². The zero-order valence-corrected chi connectivity index (χ0v) is 8.04. The van der Waals surface area contributed by atoms with Gasteiger partial charge in [0, 0.05) is 5.69 Å². The minimum absolute atomic E-state index is 0.547. The lowest BCUT2D eigenvalue weighted by atomic mass is 9.89. The lowest BCUT2D eigenvalue weighted by Crippen LogP contribution is -2.04. The van der Waals surface area contributed by atoms with Crippen molar-refractivity contribution in [3.8, 4) is 0 Å². The Hall–Kier alpha value is -0.980. The molecule has 0 spiro atoms. The van der Waals surface area contributed by atoms with Crippen LogP contribution in [0.25, 0.3) is 0 Å². The van der Waals surface area contributed by atoms with Gasteiger partial charge in [0.1, 0.15) is 0 Å². The van der Waals surface area contributed by atoms with E-state index in [4.69, 9.17) is 5.73 Å². The molecule has 1 unspecified atom stereocenters. The van der Waals surface area contributed by atoms with Crippen molar-refractivity contribution < 1.29 is 0 Å². The van der Waals surface area contributed by atoms with Crippen molar-refractivity contribution in [1.29, 1.82) is 0 Å². The highest BCUT2D eigenvalue weighted by molar-refractivity contribution is 5.48. The summed E-state index contributed by atoms with van der Waals surface area (Å²) in [7, 11) is 0. The van der Waals surface area contributed by atoms with Crippen LogP contribution in [0.2, 0.25) is 0 Å². The molecular weight excluding hydrogens is 146 g/mol. The largest absolute Gasteiger partial charge is 0.398 e. The van der Waals surface area contributed by atoms with E-state index in [-0.39, 0.29) is 0 Å². The van der Waals surface area contributed by atoms with E-state index in [0.717, 1.165) is 5.69 Å². The Labute approximate surface area is 74.6 Å². The van der Waals surface area contributed by atoms with Gasteiger partial charge in [-0.2, -0.15) is 0 Å². The molecule has 0 heterocycles. The molecule has 0 amide bonds. The predicted octanol–water partition coefficient (Wildman–Crippen LogP) is 3.03. The van der Waals surface area contributed by atoms with Crippen molar-refractivity contribution in [2.24, 2.45) is 5.92 Å². The Balaban J connectivity index is 2.94. The van der Waals surface area contributed by atoms with Crippen LogP contribution in [0, 0.1) is 5.92 Å². The van der Waals surface area contributed by atoms with Gasteiger partial charge in [-0.3, -0.25) is 0 Å². The maximum atomic E-state index is 5.86. The van der Waals surface area contributed by atoms with Crippen molar-refractivity contribution in [2.45, 2.75) is 26.7 Å². The zero-order valence-electron chi connectivity index (χ0n) is 8.04. The third-order valence-electron chi connectivity index (χ3n) is 2.49. The van der Waals surface area contributed by atoms with E-state index in [0.29, 0.717) is 11.8 Å². The van der Waals surface area contributed by atoms with E-state index < -0.39 is 0 Å². The van der Waals surface area contributed by atoms with Crippen molar-refractivity contribution in [1.82, 2.24) is 0 Å². The van der Waals surface area contributed by atoms with E-state index in [2.05, 4.69) is 26.8 Å². The summed E-state index contributed by atoms with van der Waals surface area (Å²) in [5.41, 5.74) is 8.05. The first kappa shape index (κ1) is 9.11. The highest BCUT2D eigenvalue weighted by Gasteiger charge is 2.11. The Morgan fingerprint density at radius 2 is 1.67 bits per heavy atom. The smallest absolute Gasteiger partial charge is 0.0349 e. The van der Waals surface area contributed by atoms with E-state index in [1.807, 2.05) is 18.2 Å². The van der Waals surface area contributed by atoms with Gasteiger partial charge >= 0.3 is 0 Å². The van der Waals surface area contributed by atoms with Crippen LogP contribution in [0.5, 0.6) is 0 Å². The van der Waals surface area contributed by atoms with E-state index >= 15 is 0 Å². The van der Waals surface area contributed by atoms with Crippen molar-refractivity contribution in [2.75, 3.05) is 5.73 Å². The van der Waals surface area contributed by atoms with E-state index in [9.17, 15) is 0 Å². The summed E-state index contributed by atoms with van der Waals surface area (Å²) in [6.07, 6.45) is 0. The number of hydrogen-bond acceptors (Lipinski definition) is 1. The quantitative estimate of drug-likeness (QED) is 0.666. The number of nitrogens with two attached hydrogens (primary N) is 1. The first-order valence-electron chi connectivity index (χ1n) is 4.47. The third kappa shape index (κ3) is 1.79. The molecule has 2 N–H and O–H groups in total. The molecule has 0 aliphatic heterocycles. The number of rotatable bonds is 2. The molecule has 12 heavy (non-hydrogen) atoms. The summed E-state index contributed by atoms with van der Waals surface area (Å²) in [4.78, 5) is 0. The van der Waals surface area contributed by atoms with Crippen LogP contribution in [-0.2, 0) is 0 Å². The average Bonchev–Trinajstić information content (AvgIpc) is 2.04. The molecule has 1 nitrogen and oxygen atoms in total. The SMILES string of the molecule is CC(C)C(C)c1ccccc1N. The number of para-hydroxylation sites is 1. The van der Waals surface area contributed by atoms with Crippen LogP contribution >= 0.6 is 0 Å². The van der Waals surface area contributed by atoms with Crippen LogP contribution in [0.3, 0.4) is 0 Å². The van der Waals surface area contributed by atoms with Gasteiger partial charge in [0.2, 0.25) is 0 Å². The highest BCUT2D eigenvalue weighted by atomic mass is 14.6. The average molecular weight is 163 g/mol.